The number of rotatable bonds is 6. The number of carboxylic acids is 1. The van der Waals surface area contributed by atoms with E-state index in [1.165, 1.54) is 11.8 Å². The van der Waals surface area contributed by atoms with Crippen LogP contribution in [0.25, 0.3) is 0 Å². The quantitative estimate of drug-likeness (QED) is 0.799. The van der Waals surface area contributed by atoms with Crippen molar-refractivity contribution in [3.63, 3.8) is 0 Å². The number of carbonyl (C=O) groups excluding carboxylic acids is 2. The van der Waals surface area contributed by atoms with Gasteiger partial charge in [0.1, 0.15) is 5.69 Å². The molecule has 0 saturated carbocycles. The maximum absolute atomic E-state index is 12.4. The minimum Gasteiger partial charge on any atom is -0.481 e. The van der Waals surface area contributed by atoms with Crippen molar-refractivity contribution < 1.29 is 19.5 Å². The number of amides is 1. The van der Waals surface area contributed by atoms with Crippen LogP contribution < -0.4 is 0 Å². The number of hydrogen-bond donors (Lipinski definition) is 1. The van der Waals surface area contributed by atoms with Gasteiger partial charge >= 0.3 is 5.97 Å². The second kappa shape index (κ2) is 6.36. The molecule has 0 bridgehead atoms. The molecule has 1 rings (SSSR count). The van der Waals surface area contributed by atoms with E-state index >= 15 is 0 Å². The highest BCUT2D eigenvalue weighted by Crippen LogP contribution is 2.12. The number of ketones is 1. The summed E-state index contributed by atoms with van der Waals surface area (Å²) in [6.45, 7) is 5.35. The fourth-order valence-corrected chi connectivity index (χ4v) is 1.90. The van der Waals surface area contributed by atoms with E-state index in [-0.39, 0.29) is 18.2 Å². The first-order valence-electron chi connectivity index (χ1n) is 6.47. The Hall–Kier alpha value is -2.11. The topological polar surface area (TPSA) is 79.6 Å². The van der Waals surface area contributed by atoms with E-state index < -0.39 is 11.9 Å². The minimum atomic E-state index is -0.937. The molecule has 0 radical (unpaired) electrons. The first-order chi connectivity index (χ1) is 9.27. The number of hydrogen-bond acceptors (Lipinski definition) is 3. The van der Waals surface area contributed by atoms with Crippen molar-refractivity contribution in [2.24, 2.45) is 13.0 Å². The average molecular weight is 280 g/mol. The average Bonchev–Trinajstić information content (AvgIpc) is 2.77. The third-order valence-corrected chi connectivity index (χ3v) is 3.22. The number of aryl methyl sites for hydroxylation is 1. The van der Waals surface area contributed by atoms with Crippen LogP contribution in [0.5, 0.6) is 0 Å². The van der Waals surface area contributed by atoms with Crippen LogP contribution in [0.4, 0.5) is 0 Å². The Morgan fingerprint density at radius 2 is 2.00 bits per heavy atom. The summed E-state index contributed by atoms with van der Waals surface area (Å²) in [5, 5.41) is 8.92. The van der Waals surface area contributed by atoms with Gasteiger partial charge in [-0.1, -0.05) is 6.92 Å². The first-order valence-corrected chi connectivity index (χ1v) is 6.47. The lowest BCUT2D eigenvalue weighted by atomic mass is 10.1. The van der Waals surface area contributed by atoms with Gasteiger partial charge in [-0.05, 0) is 19.9 Å². The van der Waals surface area contributed by atoms with Gasteiger partial charge in [0.05, 0.1) is 5.92 Å². The number of aliphatic carboxylic acids is 1. The number of carbonyl (C=O) groups is 3. The highest BCUT2D eigenvalue weighted by Gasteiger charge is 2.23. The van der Waals surface area contributed by atoms with Gasteiger partial charge in [-0.25, -0.2) is 0 Å². The van der Waals surface area contributed by atoms with Crippen molar-refractivity contribution in [2.75, 3.05) is 13.1 Å². The fourth-order valence-electron chi connectivity index (χ4n) is 1.90. The van der Waals surface area contributed by atoms with E-state index in [0.29, 0.717) is 17.8 Å². The molecule has 20 heavy (non-hydrogen) atoms. The molecular formula is C14H20N2O4. The van der Waals surface area contributed by atoms with Gasteiger partial charge in [-0.2, -0.15) is 0 Å². The molecule has 0 fully saturated rings. The third kappa shape index (κ3) is 3.46. The van der Waals surface area contributed by atoms with E-state index in [1.807, 2.05) is 0 Å². The van der Waals surface area contributed by atoms with Crippen LogP contribution in [0.1, 0.15) is 41.6 Å². The Bertz CT molecular complexity index is 533. The van der Waals surface area contributed by atoms with Crippen LogP contribution in [-0.4, -0.2) is 45.3 Å². The van der Waals surface area contributed by atoms with Crippen LogP contribution in [-0.2, 0) is 11.8 Å². The largest absolute Gasteiger partial charge is 0.481 e. The zero-order chi connectivity index (χ0) is 15.4. The molecule has 1 aromatic heterocycles. The van der Waals surface area contributed by atoms with Crippen LogP contribution in [0, 0.1) is 5.92 Å². The van der Waals surface area contributed by atoms with Crippen LogP contribution in [0.2, 0.25) is 0 Å². The Morgan fingerprint density at radius 3 is 2.40 bits per heavy atom. The lowest BCUT2D eigenvalue weighted by Crippen LogP contribution is -2.37. The first kappa shape index (κ1) is 15.9. The Labute approximate surface area is 118 Å². The number of nitrogens with zero attached hydrogens (tertiary/aromatic N) is 2. The van der Waals surface area contributed by atoms with Crippen molar-refractivity contribution in [1.29, 1.82) is 0 Å². The van der Waals surface area contributed by atoms with Crippen molar-refractivity contribution in [1.82, 2.24) is 9.47 Å². The van der Waals surface area contributed by atoms with Gasteiger partial charge in [-0.15, -0.1) is 0 Å². The van der Waals surface area contributed by atoms with Gasteiger partial charge in [0.25, 0.3) is 5.91 Å². The summed E-state index contributed by atoms with van der Waals surface area (Å²) >= 11 is 0. The van der Waals surface area contributed by atoms with Crippen LogP contribution in [0.3, 0.4) is 0 Å². The number of Topliss-reactive ketones (excluding diaryl/α,β-unsaturated/α-hetero) is 1. The second-order valence-electron chi connectivity index (χ2n) is 4.86. The van der Waals surface area contributed by atoms with Gasteiger partial charge in [0.2, 0.25) is 0 Å². The highest BCUT2D eigenvalue weighted by atomic mass is 16.4. The molecule has 110 valence electrons. The molecule has 1 amide bonds. The third-order valence-electron chi connectivity index (χ3n) is 3.22. The summed E-state index contributed by atoms with van der Waals surface area (Å²) in [5.74, 6) is -1.95. The van der Waals surface area contributed by atoms with E-state index in [1.54, 1.807) is 37.7 Å². The summed E-state index contributed by atoms with van der Waals surface area (Å²) in [5.41, 5.74) is 0.854. The molecule has 0 spiro atoms. The molecule has 1 unspecified atom stereocenters. The molecule has 1 N–H and O–H groups in total. The van der Waals surface area contributed by atoms with Crippen molar-refractivity contribution >= 4 is 17.7 Å². The van der Waals surface area contributed by atoms with Gasteiger partial charge in [-0.3, -0.25) is 14.4 Å². The van der Waals surface area contributed by atoms with E-state index in [2.05, 4.69) is 0 Å². The normalized spacial score (nSPS) is 12.0. The molecule has 0 aliphatic heterocycles. The standard InChI is InChI=1S/C14H20N2O4/c1-5-16(7-9(2)14(19)20)13(18)12-6-11(10(3)17)8-15(12)4/h6,8-9H,5,7H2,1-4H3,(H,19,20). The Kier molecular flexibility index (Phi) is 5.07. The predicted molar refractivity (Wildman–Crippen MR) is 73.8 cm³/mol. The summed E-state index contributed by atoms with van der Waals surface area (Å²) in [6.07, 6.45) is 1.60. The summed E-state index contributed by atoms with van der Waals surface area (Å²) < 4.78 is 1.59. The molecule has 0 saturated heterocycles. The summed E-state index contributed by atoms with van der Waals surface area (Å²) in [4.78, 5) is 36.1. The number of carboxylic acid groups (broad SMARTS) is 1. The number of aromatic nitrogens is 1. The van der Waals surface area contributed by atoms with Crippen LogP contribution in [0.15, 0.2) is 12.3 Å². The van der Waals surface area contributed by atoms with Crippen molar-refractivity contribution in [3.05, 3.63) is 23.5 Å². The van der Waals surface area contributed by atoms with Crippen LogP contribution >= 0.6 is 0 Å². The maximum atomic E-state index is 12.4. The maximum Gasteiger partial charge on any atom is 0.308 e. The fraction of sp³-hybridized carbons (Fsp3) is 0.500. The lowest BCUT2D eigenvalue weighted by molar-refractivity contribution is -0.141. The molecular weight excluding hydrogens is 260 g/mol. The van der Waals surface area contributed by atoms with Gasteiger partial charge in [0.15, 0.2) is 5.78 Å². The molecule has 1 aromatic rings. The van der Waals surface area contributed by atoms with Gasteiger partial charge in [0, 0.05) is 31.9 Å². The highest BCUT2D eigenvalue weighted by molar-refractivity contribution is 5.99. The molecule has 1 atom stereocenters. The Balaban J connectivity index is 2.96. The summed E-state index contributed by atoms with van der Waals surface area (Å²) in [6, 6.07) is 1.54. The molecule has 0 aliphatic carbocycles. The smallest absolute Gasteiger partial charge is 0.308 e. The van der Waals surface area contributed by atoms with E-state index in [9.17, 15) is 14.4 Å². The summed E-state index contributed by atoms with van der Waals surface area (Å²) in [7, 11) is 1.69. The zero-order valence-electron chi connectivity index (χ0n) is 12.2. The monoisotopic (exact) mass is 280 g/mol. The van der Waals surface area contributed by atoms with E-state index in [4.69, 9.17) is 5.11 Å². The SMILES string of the molecule is CCN(CC(C)C(=O)O)C(=O)c1cc(C(C)=O)cn1C. The van der Waals surface area contributed by atoms with Crippen molar-refractivity contribution in [3.8, 4) is 0 Å². The Morgan fingerprint density at radius 1 is 1.40 bits per heavy atom. The van der Waals surface area contributed by atoms with E-state index in [0.717, 1.165) is 0 Å². The van der Waals surface area contributed by atoms with Crippen molar-refractivity contribution in [2.45, 2.75) is 20.8 Å². The van der Waals surface area contributed by atoms with Gasteiger partial charge < -0.3 is 14.6 Å². The predicted octanol–water partition coefficient (Wildman–Crippen LogP) is 1.41. The zero-order valence-corrected chi connectivity index (χ0v) is 12.2. The molecule has 6 heteroatoms. The molecule has 6 nitrogen and oxygen atoms in total. The molecule has 0 aromatic carbocycles. The lowest BCUT2D eigenvalue weighted by Gasteiger charge is -2.23. The molecule has 0 aliphatic rings. The minimum absolute atomic E-state index is 0.110. The molecule has 1 heterocycles. The second-order valence-corrected chi connectivity index (χ2v) is 4.86.